The third-order valence-corrected chi connectivity index (χ3v) is 5.42. The predicted octanol–water partition coefficient (Wildman–Crippen LogP) is 5.46. The molecule has 0 bridgehead atoms. The molecule has 0 aliphatic carbocycles. The van der Waals surface area contributed by atoms with Crippen LogP contribution in [0.4, 0.5) is 11.4 Å². The average molecular weight is 500 g/mol. The van der Waals surface area contributed by atoms with Gasteiger partial charge >= 0.3 is 0 Å². The van der Waals surface area contributed by atoms with Gasteiger partial charge in [0, 0.05) is 37.5 Å². The van der Waals surface area contributed by atoms with Gasteiger partial charge in [0.1, 0.15) is 6.61 Å². The Morgan fingerprint density at radius 1 is 1.00 bits per heavy atom. The van der Waals surface area contributed by atoms with Crippen molar-refractivity contribution in [2.24, 2.45) is 0 Å². The highest BCUT2D eigenvalue weighted by Gasteiger charge is 2.12. The first-order chi connectivity index (χ1) is 15.5. The van der Waals surface area contributed by atoms with E-state index in [9.17, 15) is 10.1 Å². The van der Waals surface area contributed by atoms with Crippen molar-refractivity contribution in [1.29, 1.82) is 0 Å². The number of non-ortho nitro benzene ring substituents is 1. The van der Waals surface area contributed by atoms with E-state index < -0.39 is 4.92 Å². The Labute approximate surface area is 196 Å². The Balaban J connectivity index is 1.49. The van der Waals surface area contributed by atoms with Gasteiger partial charge in [0.2, 0.25) is 0 Å². The van der Waals surface area contributed by atoms with Crippen LogP contribution in [0.3, 0.4) is 0 Å². The van der Waals surface area contributed by atoms with Gasteiger partial charge in [-0.25, -0.2) is 0 Å². The van der Waals surface area contributed by atoms with Gasteiger partial charge in [0.25, 0.3) is 5.69 Å². The van der Waals surface area contributed by atoms with Crippen molar-refractivity contribution in [3.8, 4) is 11.5 Å². The second kappa shape index (κ2) is 11.5. The number of nitrogens with zero attached hydrogens (tertiary/aromatic N) is 1. The smallest absolute Gasteiger partial charge is 0.269 e. The summed E-state index contributed by atoms with van der Waals surface area (Å²) < 4.78 is 12.4. The third-order valence-electron chi connectivity index (χ3n) is 4.83. The fourth-order valence-corrected chi connectivity index (χ4v) is 3.69. The van der Waals surface area contributed by atoms with Crippen LogP contribution in [-0.4, -0.2) is 25.1 Å². The highest BCUT2D eigenvalue weighted by Crippen LogP contribution is 2.37. The summed E-state index contributed by atoms with van der Waals surface area (Å²) in [7, 11) is 1.63. The maximum absolute atomic E-state index is 10.7. The first-order valence-corrected chi connectivity index (χ1v) is 11.0. The van der Waals surface area contributed by atoms with Crippen LogP contribution in [0.2, 0.25) is 0 Å². The predicted molar refractivity (Wildman–Crippen MR) is 129 cm³/mol. The first-order valence-electron chi connectivity index (χ1n) is 10.2. The highest BCUT2D eigenvalue weighted by atomic mass is 79.9. The molecular formula is C24H26BrN3O4. The van der Waals surface area contributed by atoms with Crippen molar-refractivity contribution in [2.45, 2.75) is 20.1 Å². The average Bonchev–Trinajstić information content (AvgIpc) is 2.79. The standard InChI is InChI=1S/C24H26BrN3O4/c1-17-3-5-18(6-4-17)16-32-24-22(25)13-19(14-23(24)31-2)15-26-11-12-27-20-7-9-21(10-8-20)28(29)30/h3-10,13-14,26-27H,11-12,15-16H2,1-2H3. The maximum atomic E-state index is 10.7. The zero-order valence-electron chi connectivity index (χ0n) is 18.1. The molecule has 0 unspecified atom stereocenters. The molecule has 7 nitrogen and oxygen atoms in total. The number of rotatable bonds is 11. The lowest BCUT2D eigenvalue weighted by molar-refractivity contribution is -0.384. The van der Waals surface area contributed by atoms with Gasteiger partial charge in [-0.15, -0.1) is 0 Å². The number of hydrogen-bond acceptors (Lipinski definition) is 6. The molecule has 3 aromatic carbocycles. The molecule has 0 amide bonds. The Bertz CT molecular complexity index is 1040. The Kier molecular flexibility index (Phi) is 8.47. The summed E-state index contributed by atoms with van der Waals surface area (Å²) in [5, 5.41) is 17.3. The van der Waals surface area contributed by atoms with Crippen molar-refractivity contribution in [3.63, 3.8) is 0 Å². The largest absolute Gasteiger partial charge is 0.493 e. The molecule has 0 atom stereocenters. The monoisotopic (exact) mass is 499 g/mol. The zero-order valence-corrected chi connectivity index (χ0v) is 19.6. The normalized spacial score (nSPS) is 10.6. The van der Waals surface area contributed by atoms with E-state index in [0.717, 1.165) is 27.8 Å². The SMILES string of the molecule is COc1cc(CNCCNc2ccc([N+](=O)[O-])cc2)cc(Br)c1OCc1ccc(C)cc1. The topological polar surface area (TPSA) is 85.7 Å². The number of benzene rings is 3. The number of anilines is 1. The molecule has 0 aliphatic rings. The van der Waals surface area contributed by atoms with E-state index in [1.54, 1.807) is 19.2 Å². The molecule has 32 heavy (non-hydrogen) atoms. The summed E-state index contributed by atoms with van der Waals surface area (Å²) in [6.07, 6.45) is 0. The van der Waals surface area contributed by atoms with Gasteiger partial charge in [-0.1, -0.05) is 29.8 Å². The fraction of sp³-hybridized carbons (Fsp3) is 0.250. The van der Waals surface area contributed by atoms with Gasteiger partial charge in [0.05, 0.1) is 16.5 Å². The summed E-state index contributed by atoms with van der Waals surface area (Å²) in [6, 6.07) is 18.6. The molecule has 0 spiro atoms. The molecule has 3 aromatic rings. The summed E-state index contributed by atoms with van der Waals surface area (Å²) in [6.45, 7) is 4.59. The number of ether oxygens (including phenoxy) is 2. The summed E-state index contributed by atoms with van der Waals surface area (Å²) in [4.78, 5) is 10.3. The molecule has 0 radical (unpaired) electrons. The number of methoxy groups -OCH3 is 1. The second-order valence-electron chi connectivity index (χ2n) is 7.29. The molecule has 0 aromatic heterocycles. The number of nitro groups is 1. The molecule has 0 aliphatic heterocycles. The first kappa shape index (κ1) is 23.6. The number of halogens is 1. The van der Waals surface area contributed by atoms with E-state index in [-0.39, 0.29) is 5.69 Å². The molecule has 2 N–H and O–H groups in total. The van der Waals surface area contributed by atoms with Crippen LogP contribution >= 0.6 is 15.9 Å². The zero-order chi connectivity index (χ0) is 22.9. The Morgan fingerprint density at radius 2 is 1.72 bits per heavy atom. The van der Waals surface area contributed by atoms with E-state index >= 15 is 0 Å². The summed E-state index contributed by atoms with van der Waals surface area (Å²) >= 11 is 3.60. The van der Waals surface area contributed by atoms with E-state index in [1.807, 2.05) is 12.1 Å². The van der Waals surface area contributed by atoms with Gasteiger partial charge in [-0.05, 0) is 58.2 Å². The minimum Gasteiger partial charge on any atom is -0.493 e. The molecule has 3 rings (SSSR count). The van der Waals surface area contributed by atoms with E-state index in [1.165, 1.54) is 17.7 Å². The number of nitro benzene ring substituents is 1. The molecular weight excluding hydrogens is 474 g/mol. The fourth-order valence-electron chi connectivity index (χ4n) is 3.08. The van der Waals surface area contributed by atoms with Gasteiger partial charge in [0.15, 0.2) is 11.5 Å². The second-order valence-corrected chi connectivity index (χ2v) is 8.15. The summed E-state index contributed by atoms with van der Waals surface area (Å²) in [5.41, 5.74) is 4.30. The number of aryl methyl sites for hydroxylation is 1. The lowest BCUT2D eigenvalue weighted by Crippen LogP contribution is -2.21. The van der Waals surface area contributed by atoms with Gasteiger partial charge in [-0.2, -0.15) is 0 Å². The van der Waals surface area contributed by atoms with Crippen molar-refractivity contribution in [1.82, 2.24) is 5.32 Å². The minimum atomic E-state index is -0.406. The molecule has 0 saturated heterocycles. The molecule has 168 valence electrons. The van der Waals surface area contributed by atoms with E-state index in [2.05, 4.69) is 57.8 Å². The van der Waals surface area contributed by atoms with Crippen molar-refractivity contribution < 1.29 is 14.4 Å². The third kappa shape index (κ3) is 6.70. The van der Waals surface area contributed by atoms with Crippen molar-refractivity contribution in [2.75, 3.05) is 25.5 Å². The summed E-state index contributed by atoms with van der Waals surface area (Å²) in [5.74, 6) is 1.35. The van der Waals surface area contributed by atoms with Crippen LogP contribution in [-0.2, 0) is 13.2 Å². The molecule has 8 heteroatoms. The van der Waals surface area contributed by atoms with Crippen LogP contribution in [0.25, 0.3) is 0 Å². The van der Waals surface area contributed by atoms with Crippen LogP contribution in [0.1, 0.15) is 16.7 Å². The van der Waals surface area contributed by atoms with Gasteiger partial charge in [-0.3, -0.25) is 10.1 Å². The van der Waals surface area contributed by atoms with Crippen molar-refractivity contribution in [3.05, 3.63) is 91.9 Å². The lowest BCUT2D eigenvalue weighted by Gasteiger charge is -2.15. The quantitative estimate of drug-likeness (QED) is 0.207. The Hall–Kier alpha value is -3.10. The van der Waals surface area contributed by atoms with E-state index in [0.29, 0.717) is 31.2 Å². The lowest BCUT2D eigenvalue weighted by atomic mass is 10.1. The van der Waals surface area contributed by atoms with Crippen molar-refractivity contribution >= 4 is 27.3 Å². The minimum absolute atomic E-state index is 0.0829. The van der Waals surface area contributed by atoms with E-state index in [4.69, 9.17) is 9.47 Å². The van der Waals surface area contributed by atoms with Crippen LogP contribution in [0, 0.1) is 17.0 Å². The molecule has 0 heterocycles. The van der Waals surface area contributed by atoms with Crippen LogP contribution in [0.5, 0.6) is 11.5 Å². The molecule has 0 fully saturated rings. The molecule has 0 saturated carbocycles. The van der Waals surface area contributed by atoms with Crippen LogP contribution in [0.15, 0.2) is 65.1 Å². The maximum Gasteiger partial charge on any atom is 0.269 e. The Morgan fingerprint density at radius 3 is 2.38 bits per heavy atom. The van der Waals surface area contributed by atoms with Crippen LogP contribution < -0.4 is 20.1 Å². The van der Waals surface area contributed by atoms with Gasteiger partial charge < -0.3 is 20.1 Å². The number of nitrogens with one attached hydrogen (secondary N) is 2. The highest BCUT2D eigenvalue weighted by molar-refractivity contribution is 9.10. The number of hydrogen-bond donors (Lipinski definition) is 2.